The van der Waals surface area contributed by atoms with Gasteiger partial charge in [0, 0.05) is 32.8 Å². The summed E-state index contributed by atoms with van der Waals surface area (Å²) >= 11 is 0. The van der Waals surface area contributed by atoms with Crippen LogP contribution in [0, 0.1) is 34.1 Å². The molecule has 0 aliphatic rings. The minimum Gasteiger partial charge on any atom is -0.479 e. The molecule has 4 rings (SSSR count). The number of aryl methyl sites for hydroxylation is 3. The highest BCUT2D eigenvalue weighted by Gasteiger charge is 2.39. The molecule has 1 N–H and O–H groups in total. The highest BCUT2D eigenvalue weighted by atomic mass is 32.2. The van der Waals surface area contributed by atoms with E-state index in [1.807, 2.05) is 19.1 Å². The first-order valence-corrected chi connectivity index (χ1v) is 21.6. The van der Waals surface area contributed by atoms with Gasteiger partial charge in [0.2, 0.25) is 0 Å². The van der Waals surface area contributed by atoms with Gasteiger partial charge in [-0.3, -0.25) is 29.3 Å². The number of benzene rings is 4. The number of carboxylic acid groups (broad SMARTS) is 1. The fraction of sp³-hybridized carbons (Fsp3) is 0.432. The van der Waals surface area contributed by atoms with Crippen LogP contribution >= 0.6 is 0 Å². The number of nitrogens with zero attached hydrogens (tertiary/aromatic N) is 4. The summed E-state index contributed by atoms with van der Waals surface area (Å²) in [5.74, 6) is -3.12. The zero-order valence-electron chi connectivity index (χ0n) is 35.8. The van der Waals surface area contributed by atoms with E-state index in [1.54, 1.807) is 39.8 Å². The number of aliphatic carboxylic acids is 1. The van der Waals surface area contributed by atoms with Crippen molar-refractivity contribution in [1.29, 1.82) is 0 Å². The molecule has 0 aliphatic carbocycles. The number of unbranched alkanes of at least 4 members (excludes halogenated alkanes) is 3. The fourth-order valence-corrected chi connectivity index (χ4v) is 8.25. The molecule has 0 aromatic heterocycles. The second-order valence-electron chi connectivity index (χ2n) is 15.9. The van der Waals surface area contributed by atoms with Crippen molar-refractivity contribution < 1.29 is 52.0 Å². The summed E-state index contributed by atoms with van der Waals surface area (Å²) in [7, 11) is -3.18. The molecule has 0 unspecified atom stereocenters. The molecule has 0 spiro atoms. The number of sulfonamides is 1. The zero-order valence-corrected chi connectivity index (χ0v) is 36.6. The Labute approximate surface area is 360 Å². The Morgan fingerprint density at radius 1 is 0.774 bits per heavy atom. The molecule has 17 nitrogen and oxygen atoms in total. The molecule has 0 radical (unpaired) electrons. The predicted molar refractivity (Wildman–Crippen MR) is 232 cm³/mol. The largest absolute Gasteiger partial charge is 0.479 e. The number of esters is 1. The molecule has 334 valence electrons. The van der Waals surface area contributed by atoms with Crippen molar-refractivity contribution in [1.82, 2.24) is 4.90 Å². The van der Waals surface area contributed by atoms with Crippen LogP contribution in [0.25, 0.3) is 10.8 Å². The van der Waals surface area contributed by atoms with Crippen LogP contribution in [0.5, 0.6) is 0 Å². The maximum Gasteiger partial charge on any atom is 0.336 e. The molecular formula is C44H54N4O13S. The Morgan fingerprint density at radius 2 is 1.47 bits per heavy atom. The van der Waals surface area contributed by atoms with E-state index in [4.69, 9.17) is 14.2 Å². The number of hydrogen-bond donors (Lipinski definition) is 1. The van der Waals surface area contributed by atoms with Crippen LogP contribution in [-0.4, -0.2) is 97.3 Å². The van der Waals surface area contributed by atoms with Crippen LogP contribution in [0.4, 0.5) is 17.1 Å². The lowest BCUT2D eigenvalue weighted by molar-refractivity contribution is -0.396. The van der Waals surface area contributed by atoms with Crippen LogP contribution in [0.2, 0.25) is 0 Å². The summed E-state index contributed by atoms with van der Waals surface area (Å²) in [6, 6.07) is 21.5. The first-order valence-electron chi connectivity index (χ1n) is 20.1. The van der Waals surface area contributed by atoms with E-state index in [1.165, 1.54) is 23.6 Å². The smallest absolute Gasteiger partial charge is 0.336 e. The van der Waals surface area contributed by atoms with E-state index in [-0.39, 0.29) is 38.2 Å². The Balaban J connectivity index is 1.48. The van der Waals surface area contributed by atoms with Crippen molar-refractivity contribution in [2.45, 2.75) is 95.8 Å². The number of amides is 1. The summed E-state index contributed by atoms with van der Waals surface area (Å²) in [5, 5.41) is 35.8. The van der Waals surface area contributed by atoms with E-state index in [9.17, 15) is 48.1 Å². The lowest BCUT2D eigenvalue weighted by Gasteiger charge is -2.28. The van der Waals surface area contributed by atoms with Crippen LogP contribution < -0.4 is 4.31 Å². The minimum atomic E-state index is -4.70. The number of fused-ring (bicyclic) bond motifs is 1. The van der Waals surface area contributed by atoms with Gasteiger partial charge in [0.1, 0.15) is 12.2 Å². The van der Waals surface area contributed by atoms with E-state index < -0.39 is 78.4 Å². The van der Waals surface area contributed by atoms with E-state index in [2.05, 4.69) is 30.3 Å². The number of carboxylic acids is 1. The number of anilines is 1. The number of carbonyl (C=O) groups excluding carboxylic acids is 2. The van der Waals surface area contributed by atoms with Crippen molar-refractivity contribution in [2.24, 2.45) is 0 Å². The molecular weight excluding hydrogens is 825 g/mol. The highest BCUT2D eigenvalue weighted by Crippen LogP contribution is 2.34. The first-order chi connectivity index (χ1) is 29.2. The van der Waals surface area contributed by atoms with Gasteiger partial charge >= 0.3 is 11.9 Å². The van der Waals surface area contributed by atoms with E-state index in [0.29, 0.717) is 12.5 Å². The van der Waals surface area contributed by atoms with Crippen LogP contribution in [0.3, 0.4) is 0 Å². The molecule has 0 bridgehead atoms. The van der Waals surface area contributed by atoms with E-state index >= 15 is 0 Å². The number of nitro benzene ring substituents is 2. The second kappa shape index (κ2) is 21.7. The zero-order chi connectivity index (χ0) is 45.8. The average Bonchev–Trinajstić information content (AvgIpc) is 3.20. The molecule has 0 aliphatic heterocycles. The summed E-state index contributed by atoms with van der Waals surface area (Å²) in [6.07, 6.45) is -0.437. The Bertz CT molecular complexity index is 2360. The number of ether oxygens (including phenoxy) is 3. The summed E-state index contributed by atoms with van der Waals surface area (Å²) in [5.41, 5.74) is 0.423. The fourth-order valence-electron chi connectivity index (χ4n) is 6.62. The third-order valence-corrected chi connectivity index (χ3v) is 11.8. The Kier molecular flexibility index (Phi) is 17.0. The van der Waals surface area contributed by atoms with Gasteiger partial charge in [0.15, 0.2) is 17.1 Å². The van der Waals surface area contributed by atoms with Gasteiger partial charge in [-0.1, -0.05) is 55.0 Å². The molecule has 0 saturated heterocycles. The van der Waals surface area contributed by atoms with Crippen molar-refractivity contribution in [3.8, 4) is 0 Å². The van der Waals surface area contributed by atoms with Gasteiger partial charge in [-0.05, 0) is 112 Å². The first kappa shape index (κ1) is 48.7. The van der Waals surface area contributed by atoms with Gasteiger partial charge in [-0.2, -0.15) is 0 Å². The molecule has 0 saturated carbocycles. The monoisotopic (exact) mass is 878 g/mol. The van der Waals surface area contributed by atoms with Crippen LogP contribution in [0.1, 0.15) is 69.6 Å². The lowest BCUT2D eigenvalue weighted by atomic mass is 10.0. The molecule has 18 heteroatoms. The summed E-state index contributed by atoms with van der Waals surface area (Å²) in [4.78, 5) is 61.0. The average molecular weight is 879 g/mol. The van der Waals surface area contributed by atoms with E-state index in [0.717, 1.165) is 57.6 Å². The highest BCUT2D eigenvalue weighted by molar-refractivity contribution is 7.93. The standard InChI is InChI=1S/C44H54N4O13S/c1-30-17-20-35(26-31(30)2)46(62(57,58)38-22-21-36(47(53)54)28-37(38)48(55)56)24-12-13-25-59-40(41(43(51)52)60-29-39(49)61-44(3,4)5)42(50)45(6)23-11-7-8-14-32-18-19-33-15-9-10-16-34(33)27-32/h9-10,15-22,26-28,40-41H,7-8,11-14,23-25,29H2,1-6H3,(H,51,52)/t40-,41-/m1/s1. The molecule has 4 aromatic carbocycles. The Hall–Kier alpha value is -5.98. The summed E-state index contributed by atoms with van der Waals surface area (Å²) in [6.45, 7) is 7.45. The number of nitro groups is 2. The molecule has 2 atom stereocenters. The minimum absolute atomic E-state index is 0.0530. The maximum absolute atomic E-state index is 14.1. The van der Waals surface area contributed by atoms with Crippen molar-refractivity contribution in [3.05, 3.63) is 116 Å². The van der Waals surface area contributed by atoms with Gasteiger partial charge in [0.25, 0.3) is 27.3 Å². The van der Waals surface area contributed by atoms with Gasteiger partial charge in [0.05, 0.1) is 21.6 Å². The molecule has 0 heterocycles. The SMILES string of the molecule is Cc1ccc(N(CCCCO[C@@H](C(=O)N(C)CCCCCc2ccc3ccccc3c2)[C@@H](OCC(=O)OC(C)(C)C)C(=O)O)S(=O)(=O)c2ccc([N+](=O)[O-])cc2[N+](=O)[O-])cc1C. The number of hydrogen-bond acceptors (Lipinski definition) is 12. The number of carbonyl (C=O) groups is 3. The maximum atomic E-state index is 14.1. The van der Waals surface area contributed by atoms with Crippen LogP contribution in [-0.2, 0) is 45.0 Å². The second-order valence-corrected chi connectivity index (χ2v) is 17.7. The van der Waals surface area contributed by atoms with Gasteiger partial charge in [-0.25, -0.2) is 18.0 Å². The van der Waals surface area contributed by atoms with Crippen molar-refractivity contribution in [3.63, 3.8) is 0 Å². The number of rotatable bonds is 23. The molecule has 62 heavy (non-hydrogen) atoms. The quantitative estimate of drug-likeness (QED) is 0.0334. The van der Waals surface area contributed by atoms with Crippen LogP contribution in [0.15, 0.2) is 83.8 Å². The molecule has 0 fully saturated rings. The third-order valence-electron chi connectivity index (χ3n) is 9.96. The number of likely N-dealkylation sites (N-methyl/N-ethyl adjacent to an activating group) is 1. The predicted octanol–water partition coefficient (Wildman–Crippen LogP) is 7.32. The normalized spacial score (nSPS) is 12.7. The van der Waals surface area contributed by atoms with Crippen molar-refractivity contribution in [2.75, 3.05) is 37.7 Å². The summed E-state index contributed by atoms with van der Waals surface area (Å²) < 4.78 is 45.9. The number of non-ortho nitro benzene ring substituents is 1. The molecule has 1 amide bonds. The van der Waals surface area contributed by atoms with Gasteiger partial charge in [-0.15, -0.1) is 0 Å². The molecule has 4 aromatic rings. The van der Waals surface area contributed by atoms with Crippen molar-refractivity contribution >= 4 is 55.7 Å². The van der Waals surface area contributed by atoms with Gasteiger partial charge < -0.3 is 24.2 Å². The Morgan fingerprint density at radius 3 is 2.11 bits per heavy atom. The lowest BCUT2D eigenvalue weighted by Crippen LogP contribution is -2.50. The third kappa shape index (κ3) is 13.5. The topological polar surface area (TPSA) is 226 Å².